The third kappa shape index (κ3) is 3.87. The lowest BCUT2D eigenvalue weighted by molar-refractivity contribution is 0.122. The van der Waals surface area contributed by atoms with E-state index in [-0.39, 0.29) is 18.2 Å². The number of nitrogens with one attached hydrogen (secondary N) is 2. The van der Waals surface area contributed by atoms with Gasteiger partial charge in [0.2, 0.25) is 0 Å². The summed E-state index contributed by atoms with van der Waals surface area (Å²) in [6.45, 7) is 0. The Morgan fingerprint density at radius 2 is 1.53 bits per heavy atom. The van der Waals surface area contributed by atoms with E-state index in [1.54, 1.807) is 0 Å². The summed E-state index contributed by atoms with van der Waals surface area (Å²) in [6.07, 6.45) is 9.32. The van der Waals surface area contributed by atoms with Gasteiger partial charge in [0.15, 0.2) is 0 Å². The van der Waals surface area contributed by atoms with Crippen LogP contribution in [0.15, 0.2) is 0 Å². The molecule has 2 aliphatic carbocycles. The van der Waals surface area contributed by atoms with Gasteiger partial charge < -0.3 is 15.7 Å². The lowest BCUT2D eigenvalue weighted by Crippen LogP contribution is -2.49. The van der Waals surface area contributed by atoms with Crippen LogP contribution in [0, 0.1) is 0 Å². The number of carbonyl (C=O) groups is 1. The van der Waals surface area contributed by atoms with Crippen LogP contribution in [-0.2, 0) is 0 Å². The van der Waals surface area contributed by atoms with Gasteiger partial charge in [-0.2, -0.15) is 0 Å². The van der Waals surface area contributed by atoms with E-state index in [9.17, 15) is 9.90 Å². The fourth-order valence-electron chi connectivity index (χ4n) is 2.92. The highest BCUT2D eigenvalue weighted by Gasteiger charge is 2.24. The van der Waals surface area contributed by atoms with E-state index in [0.29, 0.717) is 6.04 Å². The van der Waals surface area contributed by atoms with Crippen LogP contribution in [0.25, 0.3) is 0 Å². The molecule has 2 rings (SSSR count). The molecule has 2 aliphatic rings. The molecule has 2 fully saturated rings. The lowest BCUT2D eigenvalue weighted by atomic mass is 10.1. The highest BCUT2D eigenvalue weighted by Crippen LogP contribution is 2.19. The molecule has 0 radical (unpaired) electrons. The van der Waals surface area contributed by atoms with Gasteiger partial charge in [-0.25, -0.2) is 4.79 Å². The first kappa shape index (κ1) is 12.7. The van der Waals surface area contributed by atoms with Crippen molar-refractivity contribution in [2.45, 2.75) is 76.0 Å². The minimum absolute atomic E-state index is 0.0566. The Hall–Kier alpha value is -0.770. The van der Waals surface area contributed by atoms with E-state index in [1.165, 1.54) is 19.3 Å². The summed E-state index contributed by atoms with van der Waals surface area (Å²) in [5.74, 6) is 0. The lowest BCUT2D eigenvalue weighted by Gasteiger charge is -2.23. The summed E-state index contributed by atoms with van der Waals surface area (Å²) < 4.78 is 0. The highest BCUT2D eigenvalue weighted by molar-refractivity contribution is 5.74. The zero-order chi connectivity index (χ0) is 12.1. The van der Waals surface area contributed by atoms with Gasteiger partial charge in [0.25, 0.3) is 0 Å². The van der Waals surface area contributed by atoms with Crippen LogP contribution in [0.3, 0.4) is 0 Å². The number of aliphatic hydroxyl groups excluding tert-OH is 1. The molecule has 0 aromatic heterocycles. The Bertz CT molecular complexity index is 252. The van der Waals surface area contributed by atoms with Crippen LogP contribution in [0.4, 0.5) is 4.79 Å². The topological polar surface area (TPSA) is 61.4 Å². The van der Waals surface area contributed by atoms with Crippen LogP contribution < -0.4 is 10.6 Å². The Balaban J connectivity index is 1.75. The van der Waals surface area contributed by atoms with Crippen LogP contribution >= 0.6 is 0 Å². The number of hydrogen-bond donors (Lipinski definition) is 3. The van der Waals surface area contributed by atoms with Crippen LogP contribution in [0.2, 0.25) is 0 Å². The summed E-state index contributed by atoms with van der Waals surface area (Å²) in [5.41, 5.74) is 0. The van der Waals surface area contributed by atoms with Gasteiger partial charge in [-0.15, -0.1) is 0 Å². The molecule has 0 heterocycles. The standard InChI is InChI=1S/C13H24N2O2/c16-12-9-3-1-2-8-11(12)15-13(17)14-10-6-4-5-7-10/h10-12,16H,1-9H2,(H2,14,15,17). The molecule has 2 amide bonds. The molecule has 17 heavy (non-hydrogen) atoms. The van der Waals surface area contributed by atoms with Crippen LogP contribution in [-0.4, -0.2) is 29.3 Å². The minimum atomic E-state index is -0.369. The molecule has 0 aliphatic heterocycles. The first-order valence-electron chi connectivity index (χ1n) is 7.01. The molecule has 2 saturated carbocycles. The second-order valence-electron chi connectivity index (χ2n) is 5.41. The predicted octanol–water partition coefficient (Wildman–Crippen LogP) is 1.92. The van der Waals surface area contributed by atoms with E-state index in [0.717, 1.165) is 38.5 Å². The van der Waals surface area contributed by atoms with Crippen molar-refractivity contribution in [3.8, 4) is 0 Å². The van der Waals surface area contributed by atoms with E-state index >= 15 is 0 Å². The molecular weight excluding hydrogens is 216 g/mol. The fourth-order valence-corrected chi connectivity index (χ4v) is 2.92. The summed E-state index contributed by atoms with van der Waals surface area (Å²) in [7, 11) is 0. The fraction of sp³-hybridized carbons (Fsp3) is 0.923. The summed E-state index contributed by atoms with van der Waals surface area (Å²) >= 11 is 0. The van der Waals surface area contributed by atoms with E-state index in [2.05, 4.69) is 10.6 Å². The average molecular weight is 240 g/mol. The molecule has 98 valence electrons. The number of urea groups is 1. The molecule has 3 N–H and O–H groups in total. The average Bonchev–Trinajstić information content (AvgIpc) is 2.71. The number of hydrogen-bond acceptors (Lipinski definition) is 2. The molecule has 4 nitrogen and oxygen atoms in total. The van der Waals surface area contributed by atoms with Crippen molar-refractivity contribution >= 4 is 6.03 Å². The predicted molar refractivity (Wildman–Crippen MR) is 66.8 cm³/mol. The first-order chi connectivity index (χ1) is 8.25. The maximum atomic E-state index is 11.8. The second-order valence-corrected chi connectivity index (χ2v) is 5.41. The van der Waals surface area contributed by atoms with Crippen molar-refractivity contribution in [1.82, 2.24) is 10.6 Å². The number of amides is 2. The SMILES string of the molecule is O=C(NC1CCCC1)NC1CCCCCC1O. The Morgan fingerprint density at radius 3 is 2.29 bits per heavy atom. The summed E-state index contributed by atoms with van der Waals surface area (Å²) in [5, 5.41) is 15.9. The van der Waals surface area contributed by atoms with Gasteiger partial charge in [0, 0.05) is 6.04 Å². The number of aliphatic hydroxyl groups is 1. The Kier molecular flexibility index (Phi) is 4.66. The summed E-state index contributed by atoms with van der Waals surface area (Å²) in [6, 6.07) is 0.194. The smallest absolute Gasteiger partial charge is 0.315 e. The third-order valence-corrected chi connectivity index (χ3v) is 3.99. The monoisotopic (exact) mass is 240 g/mol. The zero-order valence-corrected chi connectivity index (χ0v) is 10.5. The minimum Gasteiger partial charge on any atom is -0.391 e. The van der Waals surface area contributed by atoms with Crippen molar-refractivity contribution < 1.29 is 9.90 Å². The molecule has 4 heteroatoms. The molecule has 0 spiro atoms. The van der Waals surface area contributed by atoms with Gasteiger partial charge in [-0.05, 0) is 25.7 Å². The van der Waals surface area contributed by atoms with Crippen LogP contribution in [0.5, 0.6) is 0 Å². The van der Waals surface area contributed by atoms with Crippen molar-refractivity contribution in [3.05, 3.63) is 0 Å². The molecule has 2 unspecified atom stereocenters. The molecule has 2 atom stereocenters. The third-order valence-electron chi connectivity index (χ3n) is 3.99. The zero-order valence-electron chi connectivity index (χ0n) is 10.5. The van der Waals surface area contributed by atoms with Crippen molar-refractivity contribution in [1.29, 1.82) is 0 Å². The van der Waals surface area contributed by atoms with Gasteiger partial charge in [0.1, 0.15) is 0 Å². The Morgan fingerprint density at radius 1 is 0.882 bits per heavy atom. The molecule has 0 saturated heterocycles. The molecule has 0 bridgehead atoms. The van der Waals surface area contributed by atoms with Gasteiger partial charge >= 0.3 is 6.03 Å². The largest absolute Gasteiger partial charge is 0.391 e. The normalized spacial score (nSPS) is 30.9. The van der Waals surface area contributed by atoms with Crippen molar-refractivity contribution in [3.63, 3.8) is 0 Å². The highest BCUT2D eigenvalue weighted by atomic mass is 16.3. The van der Waals surface area contributed by atoms with Gasteiger partial charge in [0.05, 0.1) is 12.1 Å². The molecular formula is C13H24N2O2. The Labute approximate surface area is 103 Å². The second kappa shape index (κ2) is 6.24. The molecule has 0 aromatic rings. The van der Waals surface area contributed by atoms with Crippen LogP contribution in [0.1, 0.15) is 57.8 Å². The maximum absolute atomic E-state index is 11.8. The van der Waals surface area contributed by atoms with Crippen molar-refractivity contribution in [2.75, 3.05) is 0 Å². The quantitative estimate of drug-likeness (QED) is 0.646. The molecule has 0 aromatic carbocycles. The van der Waals surface area contributed by atoms with E-state index in [4.69, 9.17) is 0 Å². The van der Waals surface area contributed by atoms with E-state index < -0.39 is 0 Å². The van der Waals surface area contributed by atoms with Gasteiger partial charge in [-0.1, -0.05) is 32.1 Å². The summed E-state index contributed by atoms with van der Waals surface area (Å²) in [4.78, 5) is 11.8. The van der Waals surface area contributed by atoms with Crippen molar-refractivity contribution in [2.24, 2.45) is 0 Å². The van der Waals surface area contributed by atoms with Gasteiger partial charge in [-0.3, -0.25) is 0 Å². The number of rotatable bonds is 2. The maximum Gasteiger partial charge on any atom is 0.315 e. The van der Waals surface area contributed by atoms with E-state index in [1.807, 2.05) is 0 Å². The number of carbonyl (C=O) groups excluding carboxylic acids is 1. The first-order valence-corrected chi connectivity index (χ1v) is 7.01.